The molecule has 20 heavy (non-hydrogen) atoms. The summed E-state index contributed by atoms with van der Waals surface area (Å²) in [7, 11) is 2.04. The molecular weight excluding hydrogens is 268 g/mol. The lowest BCUT2D eigenvalue weighted by atomic mass is 9.98. The number of thiophene rings is 1. The van der Waals surface area contributed by atoms with E-state index >= 15 is 0 Å². The van der Waals surface area contributed by atoms with Gasteiger partial charge < -0.3 is 10.2 Å². The summed E-state index contributed by atoms with van der Waals surface area (Å²) in [5.41, 5.74) is 0. The minimum Gasteiger partial charge on any atom is -0.356 e. The Labute approximate surface area is 124 Å². The number of hydrogen-bond acceptors (Lipinski definition) is 5. The molecule has 0 aromatic carbocycles. The number of nitrogens with zero attached hydrogens (tertiary/aromatic N) is 3. The van der Waals surface area contributed by atoms with Crippen molar-refractivity contribution in [2.45, 2.75) is 26.2 Å². The van der Waals surface area contributed by atoms with Gasteiger partial charge in [-0.3, -0.25) is 0 Å². The third-order valence-corrected chi connectivity index (χ3v) is 5.21. The molecule has 1 atom stereocenters. The zero-order valence-electron chi connectivity index (χ0n) is 12.2. The molecule has 1 aliphatic rings. The van der Waals surface area contributed by atoms with E-state index in [1.54, 1.807) is 17.7 Å². The normalized spacial score (nSPS) is 19.7. The van der Waals surface area contributed by atoms with Crippen molar-refractivity contribution in [1.82, 2.24) is 15.3 Å². The van der Waals surface area contributed by atoms with Crippen molar-refractivity contribution in [3.63, 3.8) is 0 Å². The van der Waals surface area contributed by atoms with E-state index in [1.165, 1.54) is 23.1 Å². The molecule has 0 radical (unpaired) electrons. The van der Waals surface area contributed by atoms with Gasteiger partial charge in [-0.1, -0.05) is 6.92 Å². The van der Waals surface area contributed by atoms with Crippen molar-refractivity contribution in [3.05, 3.63) is 17.3 Å². The van der Waals surface area contributed by atoms with Crippen LogP contribution in [0.1, 0.15) is 24.6 Å². The molecular formula is C15H22N4S. The standard InChI is InChI=1S/C15H22N4S/c1-3-12-7-13-14(17-10-18-15(13)20-12)19-6-4-5-11(9-19)8-16-2/h7,10-11,16H,3-6,8-9H2,1-2H3. The molecule has 1 unspecified atom stereocenters. The van der Waals surface area contributed by atoms with E-state index in [-0.39, 0.29) is 0 Å². The summed E-state index contributed by atoms with van der Waals surface area (Å²) < 4.78 is 0. The van der Waals surface area contributed by atoms with Gasteiger partial charge in [0.2, 0.25) is 0 Å². The van der Waals surface area contributed by atoms with Gasteiger partial charge in [0.05, 0.1) is 5.39 Å². The first-order valence-electron chi connectivity index (χ1n) is 7.44. The quantitative estimate of drug-likeness (QED) is 0.940. The fraction of sp³-hybridized carbons (Fsp3) is 0.600. The van der Waals surface area contributed by atoms with Crippen LogP contribution in [0.5, 0.6) is 0 Å². The van der Waals surface area contributed by atoms with Crippen LogP contribution in [0.15, 0.2) is 12.4 Å². The first kappa shape index (κ1) is 13.8. The molecule has 0 amide bonds. The Morgan fingerprint density at radius 3 is 3.15 bits per heavy atom. The second kappa shape index (κ2) is 6.06. The highest BCUT2D eigenvalue weighted by Gasteiger charge is 2.22. The fourth-order valence-electron chi connectivity index (χ4n) is 3.03. The molecule has 0 saturated carbocycles. The Morgan fingerprint density at radius 2 is 2.35 bits per heavy atom. The Hall–Kier alpha value is -1.20. The average Bonchev–Trinajstić information content (AvgIpc) is 2.91. The average molecular weight is 290 g/mol. The van der Waals surface area contributed by atoms with Crippen LogP contribution in [0, 0.1) is 5.92 Å². The summed E-state index contributed by atoms with van der Waals surface area (Å²) in [6.45, 7) is 5.50. The van der Waals surface area contributed by atoms with Crippen LogP contribution >= 0.6 is 11.3 Å². The molecule has 5 heteroatoms. The molecule has 108 valence electrons. The van der Waals surface area contributed by atoms with E-state index in [2.05, 4.69) is 33.2 Å². The molecule has 2 aromatic heterocycles. The Morgan fingerprint density at radius 1 is 1.45 bits per heavy atom. The molecule has 1 aliphatic heterocycles. The van der Waals surface area contributed by atoms with E-state index in [9.17, 15) is 0 Å². The Bertz CT molecular complexity index is 578. The molecule has 0 bridgehead atoms. The highest BCUT2D eigenvalue weighted by molar-refractivity contribution is 7.18. The van der Waals surface area contributed by atoms with Crippen molar-refractivity contribution in [2.75, 3.05) is 31.6 Å². The van der Waals surface area contributed by atoms with Crippen LogP contribution in [0.4, 0.5) is 5.82 Å². The van der Waals surface area contributed by atoms with E-state index in [4.69, 9.17) is 0 Å². The third-order valence-electron chi connectivity index (χ3n) is 4.02. The number of fused-ring (bicyclic) bond motifs is 1. The third kappa shape index (κ3) is 2.65. The van der Waals surface area contributed by atoms with Crippen molar-refractivity contribution in [2.24, 2.45) is 5.92 Å². The molecule has 4 nitrogen and oxygen atoms in total. The van der Waals surface area contributed by atoms with Crippen LogP contribution in [0.25, 0.3) is 10.2 Å². The summed E-state index contributed by atoms with van der Waals surface area (Å²) in [5, 5.41) is 4.54. The predicted molar refractivity (Wildman–Crippen MR) is 85.7 cm³/mol. The predicted octanol–water partition coefficient (Wildman–Crippen LogP) is 2.69. The van der Waals surface area contributed by atoms with E-state index in [0.717, 1.165) is 42.6 Å². The Balaban J connectivity index is 1.90. The van der Waals surface area contributed by atoms with Crippen LogP contribution in [0.2, 0.25) is 0 Å². The zero-order chi connectivity index (χ0) is 13.9. The number of piperidine rings is 1. The number of anilines is 1. The maximum atomic E-state index is 4.57. The van der Waals surface area contributed by atoms with Gasteiger partial charge in [0.15, 0.2) is 0 Å². The Kier molecular flexibility index (Phi) is 4.17. The highest BCUT2D eigenvalue weighted by atomic mass is 32.1. The van der Waals surface area contributed by atoms with Gasteiger partial charge in [-0.05, 0) is 44.8 Å². The molecule has 0 aliphatic carbocycles. The van der Waals surface area contributed by atoms with Gasteiger partial charge in [-0.25, -0.2) is 9.97 Å². The monoisotopic (exact) mass is 290 g/mol. The highest BCUT2D eigenvalue weighted by Crippen LogP contribution is 2.32. The number of nitrogens with one attached hydrogen (secondary N) is 1. The van der Waals surface area contributed by atoms with Gasteiger partial charge >= 0.3 is 0 Å². The lowest BCUT2D eigenvalue weighted by Gasteiger charge is -2.33. The van der Waals surface area contributed by atoms with E-state index in [1.807, 2.05) is 7.05 Å². The maximum absolute atomic E-state index is 4.57. The largest absolute Gasteiger partial charge is 0.356 e. The molecule has 1 fully saturated rings. The molecule has 3 heterocycles. The minimum absolute atomic E-state index is 0.725. The second-order valence-electron chi connectivity index (χ2n) is 5.49. The first-order chi connectivity index (χ1) is 9.81. The van der Waals surface area contributed by atoms with Crippen molar-refractivity contribution < 1.29 is 0 Å². The van der Waals surface area contributed by atoms with Crippen molar-refractivity contribution >= 4 is 27.4 Å². The maximum Gasteiger partial charge on any atom is 0.140 e. The molecule has 3 rings (SSSR count). The number of hydrogen-bond donors (Lipinski definition) is 1. The summed E-state index contributed by atoms with van der Waals surface area (Å²) in [6, 6.07) is 2.27. The van der Waals surface area contributed by atoms with Crippen LogP contribution in [-0.4, -0.2) is 36.6 Å². The molecule has 1 N–H and O–H groups in total. The van der Waals surface area contributed by atoms with Crippen LogP contribution in [0.3, 0.4) is 0 Å². The second-order valence-corrected chi connectivity index (χ2v) is 6.61. The SMILES string of the molecule is CCc1cc2c(N3CCCC(CNC)C3)ncnc2s1. The van der Waals surface area contributed by atoms with Crippen molar-refractivity contribution in [1.29, 1.82) is 0 Å². The van der Waals surface area contributed by atoms with Gasteiger partial charge in [-0.2, -0.15) is 0 Å². The van der Waals surface area contributed by atoms with Gasteiger partial charge in [0, 0.05) is 18.0 Å². The van der Waals surface area contributed by atoms with Gasteiger partial charge in [-0.15, -0.1) is 11.3 Å². The topological polar surface area (TPSA) is 41.0 Å². The van der Waals surface area contributed by atoms with Gasteiger partial charge in [0.1, 0.15) is 17.0 Å². The molecule has 2 aromatic rings. The smallest absolute Gasteiger partial charge is 0.140 e. The number of aromatic nitrogens is 2. The lowest BCUT2D eigenvalue weighted by molar-refractivity contribution is 0.401. The number of aryl methyl sites for hydroxylation is 1. The van der Waals surface area contributed by atoms with Crippen LogP contribution < -0.4 is 10.2 Å². The first-order valence-corrected chi connectivity index (χ1v) is 8.26. The number of rotatable bonds is 4. The summed E-state index contributed by atoms with van der Waals surface area (Å²) >= 11 is 1.80. The summed E-state index contributed by atoms with van der Waals surface area (Å²) in [6.07, 6.45) is 5.36. The van der Waals surface area contributed by atoms with Crippen LogP contribution in [-0.2, 0) is 6.42 Å². The minimum atomic E-state index is 0.725. The van der Waals surface area contributed by atoms with E-state index < -0.39 is 0 Å². The molecule has 0 spiro atoms. The zero-order valence-corrected chi connectivity index (χ0v) is 13.0. The molecule has 1 saturated heterocycles. The fourth-order valence-corrected chi connectivity index (χ4v) is 3.96. The summed E-state index contributed by atoms with van der Waals surface area (Å²) in [5.74, 6) is 1.86. The van der Waals surface area contributed by atoms with Gasteiger partial charge in [0.25, 0.3) is 0 Å². The summed E-state index contributed by atoms with van der Waals surface area (Å²) in [4.78, 5) is 14.0. The van der Waals surface area contributed by atoms with E-state index in [0.29, 0.717) is 0 Å². The lowest BCUT2D eigenvalue weighted by Crippen LogP contribution is -2.39. The van der Waals surface area contributed by atoms with Crippen molar-refractivity contribution in [3.8, 4) is 0 Å².